The monoisotopic (exact) mass is 261 g/mol. The van der Waals surface area contributed by atoms with Gasteiger partial charge in [0.25, 0.3) is 0 Å². The Morgan fingerprint density at radius 2 is 2.17 bits per heavy atom. The standard InChI is InChI=1S/C14H19N3S/c1-14(2)5-6-17(7-8-18-14)12-4-3-11(10-15)13(16)9-12/h3-4,9H,5-8,16H2,1-2H3. The van der Waals surface area contributed by atoms with Crippen LogP contribution in [0.4, 0.5) is 11.4 Å². The van der Waals surface area contributed by atoms with Crippen LogP contribution < -0.4 is 10.6 Å². The van der Waals surface area contributed by atoms with E-state index in [9.17, 15) is 0 Å². The predicted molar refractivity (Wildman–Crippen MR) is 78.9 cm³/mol. The molecule has 1 fully saturated rings. The van der Waals surface area contributed by atoms with Gasteiger partial charge in [0.15, 0.2) is 0 Å². The summed E-state index contributed by atoms with van der Waals surface area (Å²) < 4.78 is 0.354. The first-order valence-corrected chi connectivity index (χ1v) is 7.19. The average Bonchev–Trinajstić information content (AvgIpc) is 2.50. The van der Waals surface area contributed by atoms with Crippen molar-refractivity contribution in [3.8, 4) is 6.07 Å². The Labute approximate surface area is 113 Å². The van der Waals surface area contributed by atoms with Crippen LogP contribution in [0.1, 0.15) is 25.8 Å². The molecule has 0 saturated carbocycles. The summed E-state index contributed by atoms with van der Waals surface area (Å²) in [5.74, 6) is 1.13. The van der Waals surface area contributed by atoms with Crippen molar-refractivity contribution in [2.45, 2.75) is 25.0 Å². The molecule has 96 valence electrons. The molecule has 0 aliphatic carbocycles. The third kappa shape index (κ3) is 2.91. The van der Waals surface area contributed by atoms with E-state index >= 15 is 0 Å². The van der Waals surface area contributed by atoms with E-state index in [1.54, 1.807) is 0 Å². The van der Waals surface area contributed by atoms with Crippen LogP contribution in [0, 0.1) is 11.3 Å². The van der Waals surface area contributed by atoms with Gasteiger partial charge in [0.2, 0.25) is 0 Å². The van der Waals surface area contributed by atoms with Crippen molar-refractivity contribution in [2.24, 2.45) is 0 Å². The van der Waals surface area contributed by atoms with Crippen LogP contribution >= 0.6 is 11.8 Å². The normalized spacial score (nSPS) is 19.1. The first-order valence-electron chi connectivity index (χ1n) is 6.20. The molecule has 0 unspecified atom stereocenters. The van der Waals surface area contributed by atoms with Gasteiger partial charge in [0.1, 0.15) is 6.07 Å². The topological polar surface area (TPSA) is 53.0 Å². The number of nitrogens with two attached hydrogens (primary N) is 1. The first kappa shape index (κ1) is 13.1. The molecule has 1 aromatic carbocycles. The Bertz CT molecular complexity index is 476. The number of hydrogen-bond donors (Lipinski definition) is 1. The van der Waals surface area contributed by atoms with E-state index in [0.29, 0.717) is 16.0 Å². The van der Waals surface area contributed by atoms with Gasteiger partial charge in [-0.1, -0.05) is 13.8 Å². The molecule has 1 aliphatic heterocycles. The van der Waals surface area contributed by atoms with Crippen molar-refractivity contribution in [2.75, 3.05) is 29.5 Å². The van der Waals surface area contributed by atoms with Crippen molar-refractivity contribution in [1.82, 2.24) is 0 Å². The summed E-state index contributed by atoms with van der Waals surface area (Å²) in [6, 6.07) is 7.83. The van der Waals surface area contributed by atoms with E-state index in [2.05, 4.69) is 24.8 Å². The highest BCUT2D eigenvalue weighted by atomic mass is 32.2. The van der Waals surface area contributed by atoms with Crippen LogP contribution in [-0.4, -0.2) is 23.6 Å². The number of benzene rings is 1. The van der Waals surface area contributed by atoms with Crippen LogP contribution in [0.3, 0.4) is 0 Å². The summed E-state index contributed by atoms with van der Waals surface area (Å²) >= 11 is 2.03. The lowest BCUT2D eigenvalue weighted by atomic mass is 10.1. The van der Waals surface area contributed by atoms with Gasteiger partial charge >= 0.3 is 0 Å². The highest BCUT2D eigenvalue weighted by Gasteiger charge is 2.23. The van der Waals surface area contributed by atoms with Gasteiger partial charge in [0, 0.05) is 29.3 Å². The molecule has 0 spiro atoms. The fraction of sp³-hybridized carbons (Fsp3) is 0.500. The number of anilines is 2. The van der Waals surface area contributed by atoms with Crippen LogP contribution in [0.2, 0.25) is 0 Å². The summed E-state index contributed by atoms with van der Waals surface area (Å²) in [6.07, 6.45) is 1.16. The van der Waals surface area contributed by atoms with Crippen molar-refractivity contribution < 1.29 is 0 Å². The fourth-order valence-corrected chi connectivity index (χ4v) is 3.23. The molecule has 0 amide bonds. The predicted octanol–water partition coefficient (Wildman–Crippen LogP) is 2.86. The lowest BCUT2D eigenvalue weighted by Gasteiger charge is -2.24. The molecule has 1 aromatic rings. The minimum Gasteiger partial charge on any atom is -0.398 e. The quantitative estimate of drug-likeness (QED) is 0.790. The summed E-state index contributed by atoms with van der Waals surface area (Å²) in [7, 11) is 0. The van der Waals surface area contributed by atoms with E-state index in [-0.39, 0.29) is 0 Å². The Balaban J connectivity index is 2.17. The lowest BCUT2D eigenvalue weighted by molar-refractivity contribution is 0.638. The van der Waals surface area contributed by atoms with Crippen molar-refractivity contribution in [3.63, 3.8) is 0 Å². The number of thioether (sulfide) groups is 1. The highest BCUT2D eigenvalue weighted by Crippen LogP contribution is 2.32. The van der Waals surface area contributed by atoms with Crippen molar-refractivity contribution in [1.29, 1.82) is 5.26 Å². The van der Waals surface area contributed by atoms with E-state index in [0.717, 1.165) is 31.0 Å². The van der Waals surface area contributed by atoms with Crippen LogP contribution in [0.15, 0.2) is 18.2 Å². The molecule has 4 heteroatoms. The highest BCUT2D eigenvalue weighted by molar-refractivity contribution is 8.00. The van der Waals surface area contributed by atoms with E-state index in [1.807, 2.05) is 30.0 Å². The number of rotatable bonds is 1. The van der Waals surface area contributed by atoms with Gasteiger partial charge < -0.3 is 10.6 Å². The average molecular weight is 261 g/mol. The largest absolute Gasteiger partial charge is 0.398 e. The van der Waals surface area contributed by atoms with Gasteiger partial charge in [-0.05, 0) is 24.6 Å². The number of nitriles is 1. The second-order valence-electron chi connectivity index (χ2n) is 5.23. The Hall–Kier alpha value is -1.34. The van der Waals surface area contributed by atoms with Gasteiger partial charge in [-0.2, -0.15) is 17.0 Å². The lowest BCUT2D eigenvalue weighted by Crippen LogP contribution is -2.26. The SMILES string of the molecule is CC1(C)CCN(c2ccc(C#N)c(N)c2)CCS1. The second-order valence-corrected chi connectivity index (χ2v) is 7.03. The zero-order chi connectivity index (χ0) is 13.2. The van der Waals surface area contributed by atoms with Gasteiger partial charge in [-0.25, -0.2) is 0 Å². The molecule has 0 bridgehead atoms. The molecule has 2 N–H and O–H groups in total. The smallest absolute Gasteiger partial charge is 0.101 e. The number of nitrogen functional groups attached to an aromatic ring is 1. The minimum absolute atomic E-state index is 0.354. The Morgan fingerprint density at radius 3 is 2.83 bits per heavy atom. The van der Waals surface area contributed by atoms with Crippen LogP contribution in [0.25, 0.3) is 0 Å². The summed E-state index contributed by atoms with van der Waals surface area (Å²) in [6.45, 7) is 6.69. The molecule has 2 rings (SSSR count). The fourth-order valence-electron chi connectivity index (χ4n) is 2.13. The maximum absolute atomic E-state index is 8.89. The maximum atomic E-state index is 8.89. The number of nitrogens with zero attached hydrogens (tertiary/aromatic N) is 2. The molecular weight excluding hydrogens is 242 g/mol. The third-order valence-corrected chi connectivity index (χ3v) is 4.73. The molecular formula is C14H19N3S. The first-order chi connectivity index (χ1) is 8.52. The molecule has 0 radical (unpaired) electrons. The van der Waals surface area contributed by atoms with Crippen molar-refractivity contribution in [3.05, 3.63) is 23.8 Å². The second kappa shape index (κ2) is 5.11. The molecule has 0 aromatic heterocycles. The van der Waals surface area contributed by atoms with E-state index < -0.39 is 0 Å². The van der Waals surface area contributed by atoms with Gasteiger partial charge in [0.05, 0.1) is 11.3 Å². The molecule has 18 heavy (non-hydrogen) atoms. The maximum Gasteiger partial charge on any atom is 0.101 e. The third-order valence-electron chi connectivity index (χ3n) is 3.36. The summed E-state index contributed by atoms with van der Waals surface area (Å²) in [4.78, 5) is 2.36. The van der Waals surface area contributed by atoms with E-state index in [4.69, 9.17) is 11.0 Å². The zero-order valence-electron chi connectivity index (χ0n) is 10.9. The number of hydrogen-bond acceptors (Lipinski definition) is 4. The van der Waals surface area contributed by atoms with Gasteiger partial charge in [-0.15, -0.1) is 0 Å². The Kier molecular flexibility index (Phi) is 3.72. The molecule has 1 aliphatic rings. The Morgan fingerprint density at radius 1 is 1.39 bits per heavy atom. The summed E-state index contributed by atoms with van der Waals surface area (Å²) in [5.41, 5.74) is 8.14. The molecule has 3 nitrogen and oxygen atoms in total. The minimum atomic E-state index is 0.354. The van der Waals surface area contributed by atoms with Crippen LogP contribution in [0.5, 0.6) is 0 Å². The zero-order valence-corrected chi connectivity index (χ0v) is 11.8. The molecule has 1 heterocycles. The summed E-state index contributed by atoms with van der Waals surface area (Å²) in [5, 5.41) is 8.89. The van der Waals surface area contributed by atoms with Crippen LogP contribution in [-0.2, 0) is 0 Å². The van der Waals surface area contributed by atoms with Crippen molar-refractivity contribution >= 4 is 23.1 Å². The molecule has 0 atom stereocenters. The van der Waals surface area contributed by atoms with Gasteiger partial charge in [-0.3, -0.25) is 0 Å². The molecule has 1 saturated heterocycles. The van der Waals surface area contributed by atoms with E-state index in [1.165, 1.54) is 0 Å².